The Labute approximate surface area is 124 Å². The molecule has 0 atom stereocenters. The maximum absolute atomic E-state index is 4.21. The number of hydrogen-bond donors (Lipinski definition) is 1. The molecule has 0 aromatic carbocycles. The first kappa shape index (κ1) is 15.2. The summed E-state index contributed by atoms with van der Waals surface area (Å²) in [7, 11) is 0. The molecule has 0 radical (unpaired) electrons. The van der Waals surface area contributed by atoms with E-state index >= 15 is 0 Å². The van der Waals surface area contributed by atoms with Crippen LogP contribution in [0.25, 0.3) is 0 Å². The maximum atomic E-state index is 4.21. The smallest absolute Gasteiger partial charge is 0.0258 e. The van der Waals surface area contributed by atoms with E-state index in [1.54, 1.807) is 0 Å². The normalized spacial score (nSPS) is 20.1. The predicted molar refractivity (Wildman–Crippen MR) is 88.6 cm³/mol. The lowest BCUT2D eigenvalue weighted by Crippen LogP contribution is -2.30. The number of nitrogens with one attached hydrogen (secondary N) is 1. The highest BCUT2D eigenvalue weighted by Gasteiger charge is 2.13. The summed E-state index contributed by atoms with van der Waals surface area (Å²) >= 11 is 0. The van der Waals surface area contributed by atoms with Gasteiger partial charge in [-0.2, -0.15) is 0 Å². The summed E-state index contributed by atoms with van der Waals surface area (Å²) in [5.74, 6) is 0. The summed E-state index contributed by atoms with van der Waals surface area (Å²) in [5, 5.41) is 3.63. The zero-order chi connectivity index (χ0) is 14.4. The van der Waals surface area contributed by atoms with E-state index in [4.69, 9.17) is 0 Å². The lowest BCUT2D eigenvalue weighted by Gasteiger charge is -2.25. The van der Waals surface area contributed by atoms with Crippen molar-refractivity contribution in [2.24, 2.45) is 0 Å². The lowest BCUT2D eigenvalue weighted by atomic mass is 9.92. The average Bonchev–Trinajstić information content (AvgIpc) is 2.46. The quantitative estimate of drug-likeness (QED) is 0.679. The summed E-state index contributed by atoms with van der Waals surface area (Å²) < 4.78 is 0. The third-order valence-corrected chi connectivity index (χ3v) is 4.46. The van der Waals surface area contributed by atoms with E-state index in [0.717, 1.165) is 25.7 Å². The zero-order valence-electron chi connectivity index (χ0n) is 13.0. The van der Waals surface area contributed by atoms with Crippen LogP contribution in [0.4, 0.5) is 0 Å². The first-order chi connectivity index (χ1) is 9.65. The van der Waals surface area contributed by atoms with Gasteiger partial charge >= 0.3 is 0 Å². The van der Waals surface area contributed by atoms with Gasteiger partial charge in [0.25, 0.3) is 0 Å². The van der Waals surface area contributed by atoms with Gasteiger partial charge in [-0.25, -0.2) is 0 Å². The van der Waals surface area contributed by atoms with Crippen LogP contribution in [0.15, 0.2) is 47.7 Å². The van der Waals surface area contributed by atoms with Gasteiger partial charge in [0, 0.05) is 11.7 Å². The Kier molecular flexibility index (Phi) is 5.70. The Morgan fingerprint density at radius 3 is 2.70 bits per heavy atom. The molecule has 20 heavy (non-hydrogen) atoms. The highest BCUT2D eigenvalue weighted by molar-refractivity contribution is 5.37. The third kappa shape index (κ3) is 4.70. The molecule has 1 fully saturated rings. The largest absolute Gasteiger partial charge is 0.386 e. The first-order valence-corrected chi connectivity index (χ1v) is 8.15. The molecule has 2 aliphatic carbocycles. The summed E-state index contributed by atoms with van der Waals surface area (Å²) in [4.78, 5) is 0. The van der Waals surface area contributed by atoms with Crippen molar-refractivity contribution in [2.75, 3.05) is 0 Å². The predicted octanol–water partition coefficient (Wildman–Crippen LogP) is 5.43. The summed E-state index contributed by atoms with van der Waals surface area (Å²) in [6, 6.07) is 0.679. The van der Waals surface area contributed by atoms with Gasteiger partial charge in [-0.1, -0.05) is 55.7 Å². The van der Waals surface area contributed by atoms with Gasteiger partial charge in [0.2, 0.25) is 0 Å². The SMILES string of the molecule is C=C(CCC1=CCCC(C(=C)C)=C1)NC1CCCCC1. The molecule has 0 bridgehead atoms. The van der Waals surface area contributed by atoms with E-state index in [0.29, 0.717) is 6.04 Å². The van der Waals surface area contributed by atoms with Crippen molar-refractivity contribution < 1.29 is 0 Å². The van der Waals surface area contributed by atoms with Crippen molar-refractivity contribution in [1.82, 2.24) is 5.32 Å². The number of hydrogen-bond acceptors (Lipinski definition) is 1. The van der Waals surface area contributed by atoms with Crippen LogP contribution in [0, 0.1) is 0 Å². The molecule has 1 N–H and O–H groups in total. The number of rotatable bonds is 6. The van der Waals surface area contributed by atoms with Crippen LogP contribution >= 0.6 is 0 Å². The molecule has 0 aromatic rings. The van der Waals surface area contributed by atoms with Crippen LogP contribution in [-0.4, -0.2) is 6.04 Å². The van der Waals surface area contributed by atoms with Gasteiger partial charge in [-0.15, -0.1) is 0 Å². The molecular weight excluding hydrogens is 242 g/mol. The summed E-state index contributed by atoms with van der Waals surface area (Å²) in [6.45, 7) is 10.4. The Morgan fingerprint density at radius 2 is 2.00 bits per heavy atom. The molecule has 1 saturated carbocycles. The third-order valence-electron chi connectivity index (χ3n) is 4.46. The van der Waals surface area contributed by atoms with Gasteiger partial charge in [0.15, 0.2) is 0 Å². The van der Waals surface area contributed by atoms with Crippen molar-refractivity contribution in [1.29, 1.82) is 0 Å². The molecule has 110 valence electrons. The minimum absolute atomic E-state index is 0.679. The van der Waals surface area contributed by atoms with E-state index in [2.05, 4.69) is 37.6 Å². The van der Waals surface area contributed by atoms with E-state index in [9.17, 15) is 0 Å². The van der Waals surface area contributed by atoms with Crippen LogP contribution < -0.4 is 5.32 Å². The molecule has 0 heterocycles. The second-order valence-electron chi connectivity index (χ2n) is 6.35. The van der Waals surface area contributed by atoms with E-state index < -0.39 is 0 Å². The highest BCUT2D eigenvalue weighted by atomic mass is 14.9. The Balaban J connectivity index is 1.75. The van der Waals surface area contributed by atoms with Crippen molar-refractivity contribution in [2.45, 2.75) is 70.8 Å². The fourth-order valence-electron chi connectivity index (χ4n) is 3.18. The van der Waals surface area contributed by atoms with Gasteiger partial charge in [-0.3, -0.25) is 0 Å². The van der Waals surface area contributed by atoms with Crippen LogP contribution in [0.2, 0.25) is 0 Å². The second-order valence-corrected chi connectivity index (χ2v) is 6.35. The van der Waals surface area contributed by atoms with E-state index in [1.807, 2.05) is 0 Å². The molecule has 0 aliphatic heterocycles. The van der Waals surface area contributed by atoms with E-state index in [1.165, 1.54) is 54.5 Å². The standard InChI is InChI=1S/C19H29N/c1-15(2)18-9-7-8-17(14-18)13-12-16(3)20-19-10-5-4-6-11-19/h8,14,19-20H,1,3-7,9-13H2,2H3. The van der Waals surface area contributed by atoms with Crippen LogP contribution in [0.1, 0.15) is 64.7 Å². The zero-order valence-corrected chi connectivity index (χ0v) is 13.0. The van der Waals surface area contributed by atoms with Crippen LogP contribution in [0.5, 0.6) is 0 Å². The Bertz CT molecular complexity index is 419. The molecular formula is C19H29N. The molecule has 0 amide bonds. The van der Waals surface area contributed by atoms with Gasteiger partial charge in [0.1, 0.15) is 0 Å². The molecule has 0 spiro atoms. The van der Waals surface area contributed by atoms with Gasteiger partial charge in [-0.05, 0) is 51.0 Å². The second kappa shape index (κ2) is 7.52. The maximum Gasteiger partial charge on any atom is 0.0258 e. The molecule has 1 heteroatoms. The van der Waals surface area contributed by atoms with Crippen molar-refractivity contribution in [3.8, 4) is 0 Å². The fraction of sp³-hybridized carbons (Fsp3) is 0.579. The summed E-state index contributed by atoms with van der Waals surface area (Å²) in [6.07, 6.45) is 16.0. The minimum atomic E-state index is 0.679. The van der Waals surface area contributed by atoms with E-state index in [-0.39, 0.29) is 0 Å². The van der Waals surface area contributed by atoms with Crippen LogP contribution in [0.3, 0.4) is 0 Å². The Hall–Kier alpha value is -1.24. The molecule has 1 nitrogen and oxygen atoms in total. The molecule has 2 aliphatic rings. The first-order valence-electron chi connectivity index (χ1n) is 8.15. The molecule has 0 aromatic heterocycles. The van der Waals surface area contributed by atoms with Crippen molar-refractivity contribution in [3.05, 3.63) is 47.7 Å². The lowest BCUT2D eigenvalue weighted by molar-refractivity contribution is 0.393. The van der Waals surface area contributed by atoms with Gasteiger partial charge < -0.3 is 5.32 Å². The van der Waals surface area contributed by atoms with Gasteiger partial charge in [0.05, 0.1) is 0 Å². The summed E-state index contributed by atoms with van der Waals surface area (Å²) in [5.41, 5.74) is 5.32. The molecule has 0 saturated heterocycles. The topological polar surface area (TPSA) is 12.0 Å². The monoisotopic (exact) mass is 271 g/mol. The van der Waals surface area contributed by atoms with Crippen molar-refractivity contribution in [3.63, 3.8) is 0 Å². The molecule has 2 rings (SSSR count). The minimum Gasteiger partial charge on any atom is -0.386 e. The Morgan fingerprint density at radius 1 is 1.25 bits per heavy atom. The number of allylic oxidation sites excluding steroid dienone is 6. The van der Waals surface area contributed by atoms with Crippen LogP contribution in [-0.2, 0) is 0 Å². The average molecular weight is 271 g/mol. The fourth-order valence-corrected chi connectivity index (χ4v) is 3.18. The molecule has 0 unspecified atom stereocenters. The highest BCUT2D eigenvalue weighted by Crippen LogP contribution is 2.26. The van der Waals surface area contributed by atoms with Crippen molar-refractivity contribution >= 4 is 0 Å².